The average molecular weight is 283 g/mol. The van der Waals surface area contributed by atoms with E-state index in [0.29, 0.717) is 6.54 Å². The Hall–Kier alpha value is -0.840. The van der Waals surface area contributed by atoms with Crippen LogP contribution in [-0.2, 0) is 5.41 Å². The lowest BCUT2D eigenvalue weighted by molar-refractivity contribution is 0.207. The largest absolute Gasteiger partial charge is 0.395 e. The van der Waals surface area contributed by atoms with Crippen LogP contribution in [0, 0.1) is 0 Å². The van der Waals surface area contributed by atoms with E-state index in [-0.39, 0.29) is 6.61 Å². The monoisotopic (exact) mass is 282 g/mol. The second-order valence-corrected chi connectivity index (χ2v) is 5.25. The smallest absolute Gasteiger partial charge is 0.0551 e. The van der Waals surface area contributed by atoms with Gasteiger partial charge in [-0.05, 0) is 24.3 Å². The molecule has 0 spiro atoms. The average Bonchev–Trinajstić information content (AvgIpc) is 2.71. The maximum Gasteiger partial charge on any atom is 0.0551 e. The van der Waals surface area contributed by atoms with Crippen molar-refractivity contribution in [3.05, 3.63) is 34.4 Å². The number of aliphatic hydroxyl groups excluding tert-OH is 1. The first-order valence-corrected chi connectivity index (χ1v) is 5.98. The summed E-state index contributed by atoms with van der Waals surface area (Å²) in [6.07, 6.45) is 0. The van der Waals surface area contributed by atoms with E-state index in [4.69, 9.17) is 5.73 Å². The van der Waals surface area contributed by atoms with E-state index in [1.54, 1.807) is 0 Å². The zero-order valence-electron chi connectivity index (χ0n) is 9.13. The topological polar surface area (TPSA) is 62.0 Å². The maximum atomic E-state index is 9.41. The van der Waals surface area contributed by atoms with Crippen LogP contribution >= 0.6 is 15.9 Å². The first-order valence-electron chi connectivity index (χ1n) is 5.19. The van der Waals surface area contributed by atoms with Crippen LogP contribution in [-0.4, -0.2) is 23.2 Å². The van der Waals surface area contributed by atoms with Gasteiger partial charge in [0.1, 0.15) is 0 Å². The van der Waals surface area contributed by atoms with Gasteiger partial charge in [-0.25, -0.2) is 0 Å². The SMILES string of the molecule is CC(CN)(CO)c1cc2cc(Br)ccc2[nH]1. The molecule has 4 heteroatoms. The summed E-state index contributed by atoms with van der Waals surface area (Å²) >= 11 is 3.44. The van der Waals surface area contributed by atoms with E-state index in [0.717, 1.165) is 21.1 Å². The highest BCUT2D eigenvalue weighted by molar-refractivity contribution is 9.10. The summed E-state index contributed by atoms with van der Waals surface area (Å²) in [5.41, 5.74) is 7.35. The van der Waals surface area contributed by atoms with Crippen LogP contribution < -0.4 is 5.73 Å². The van der Waals surface area contributed by atoms with Crippen molar-refractivity contribution in [1.82, 2.24) is 4.98 Å². The molecule has 0 radical (unpaired) electrons. The van der Waals surface area contributed by atoms with Crippen molar-refractivity contribution in [3.8, 4) is 0 Å². The van der Waals surface area contributed by atoms with Gasteiger partial charge in [0.2, 0.25) is 0 Å². The summed E-state index contributed by atoms with van der Waals surface area (Å²) in [4.78, 5) is 3.30. The summed E-state index contributed by atoms with van der Waals surface area (Å²) in [7, 11) is 0. The van der Waals surface area contributed by atoms with Crippen molar-refractivity contribution < 1.29 is 5.11 Å². The highest BCUT2D eigenvalue weighted by Crippen LogP contribution is 2.27. The molecule has 2 rings (SSSR count). The number of aliphatic hydroxyl groups is 1. The predicted molar refractivity (Wildman–Crippen MR) is 69.5 cm³/mol. The minimum absolute atomic E-state index is 0.0392. The van der Waals surface area contributed by atoms with Gasteiger partial charge in [-0.1, -0.05) is 22.9 Å². The van der Waals surface area contributed by atoms with Crippen LogP contribution in [0.15, 0.2) is 28.7 Å². The van der Waals surface area contributed by atoms with Crippen LogP contribution in [0.4, 0.5) is 0 Å². The number of hydrogen-bond donors (Lipinski definition) is 3. The number of rotatable bonds is 3. The Balaban J connectivity index is 2.54. The van der Waals surface area contributed by atoms with Crippen LogP contribution in [0.1, 0.15) is 12.6 Å². The minimum atomic E-state index is -0.397. The van der Waals surface area contributed by atoms with Crippen LogP contribution in [0.5, 0.6) is 0 Å². The normalized spacial score (nSPS) is 15.2. The van der Waals surface area contributed by atoms with E-state index < -0.39 is 5.41 Å². The Bertz CT molecular complexity index is 503. The molecule has 16 heavy (non-hydrogen) atoms. The van der Waals surface area contributed by atoms with Gasteiger partial charge in [0.05, 0.1) is 6.61 Å². The molecule has 0 saturated carbocycles. The molecule has 0 aliphatic rings. The Kier molecular flexibility index (Phi) is 3.06. The predicted octanol–water partition coefficient (Wildman–Crippen LogP) is 2.14. The molecule has 0 aliphatic carbocycles. The maximum absolute atomic E-state index is 9.41. The molecule has 1 aromatic carbocycles. The standard InChI is InChI=1S/C12H15BrN2O/c1-12(6-14,7-16)11-5-8-4-9(13)2-3-10(8)15-11/h2-5,15-16H,6-7,14H2,1H3. The summed E-state index contributed by atoms with van der Waals surface area (Å²) < 4.78 is 1.05. The van der Waals surface area contributed by atoms with Crippen molar-refractivity contribution in [3.63, 3.8) is 0 Å². The summed E-state index contributed by atoms with van der Waals surface area (Å²) in [5, 5.41) is 10.5. The van der Waals surface area contributed by atoms with Gasteiger partial charge in [0, 0.05) is 33.0 Å². The Morgan fingerprint density at radius 1 is 1.44 bits per heavy atom. The molecule has 0 bridgehead atoms. The van der Waals surface area contributed by atoms with Crippen molar-refractivity contribution in [1.29, 1.82) is 0 Å². The highest BCUT2D eigenvalue weighted by atomic mass is 79.9. The number of benzene rings is 1. The van der Waals surface area contributed by atoms with Gasteiger partial charge in [-0.2, -0.15) is 0 Å². The molecular formula is C12H15BrN2O. The highest BCUT2D eigenvalue weighted by Gasteiger charge is 2.25. The van der Waals surface area contributed by atoms with Crippen molar-refractivity contribution in [2.24, 2.45) is 5.73 Å². The first kappa shape index (κ1) is 11.6. The van der Waals surface area contributed by atoms with E-state index in [1.165, 1.54) is 0 Å². The molecule has 0 fully saturated rings. The van der Waals surface area contributed by atoms with Crippen molar-refractivity contribution in [2.75, 3.05) is 13.2 Å². The molecule has 1 unspecified atom stereocenters. The van der Waals surface area contributed by atoms with E-state index in [2.05, 4.69) is 20.9 Å². The third kappa shape index (κ3) is 1.88. The van der Waals surface area contributed by atoms with Crippen molar-refractivity contribution in [2.45, 2.75) is 12.3 Å². The number of nitrogens with two attached hydrogens (primary N) is 1. The van der Waals surface area contributed by atoms with E-state index in [9.17, 15) is 5.11 Å². The first-order chi connectivity index (χ1) is 7.59. The fourth-order valence-electron chi connectivity index (χ4n) is 1.69. The van der Waals surface area contributed by atoms with Gasteiger partial charge in [-0.3, -0.25) is 0 Å². The lowest BCUT2D eigenvalue weighted by Crippen LogP contribution is -2.35. The zero-order chi connectivity index (χ0) is 11.8. The number of aromatic nitrogens is 1. The fraction of sp³-hybridized carbons (Fsp3) is 0.333. The molecule has 1 atom stereocenters. The Morgan fingerprint density at radius 3 is 2.81 bits per heavy atom. The molecule has 1 aromatic heterocycles. The minimum Gasteiger partial charge on any atom is -0.395 e. The molecule has 86 valence electrons. The molecule has 4 N–H and O–H groups in total. The van der Waals surface area contributed by atoms with Gasteiger partial charge in [0.15, 0.2) is 0 Å². The van der Waals surface area contributed by atoms with E-state index >= 15 is 0 Å². The van der Waals surface area contributed by atoms with Gasteiger partial charge in [-0.15, -0.1) is 0 Å². The third-order valence-corrected chi connectivity index (χ3v) is 3.53. The summed E-state index contributed by atoms with van der Waals surface area (Å²) in [6.45, 7) is 2.40. The van der Waals surface area contributed by atoms with E-state index in [1.807, 2.05) is 31.2 Å². The molecular weight excluding hydrogens is 268 g/mol. The molecule has 3 nitrogen and oxygen atoms in total. The Labute approximate surface area is 103 Å². The number of fused-ring (bicyclic) bond motifs is 1. The van der Waals surface area contributed by atoms with Crippen LogP contribution in [0.25, 0.3) is 10.9 Å². The molecule has 0 amide bonds. The number of H-pyrrole nitrogens is 1. The summed E-state index contributed by atoms with van der Waals surface area (Å²) in [6, 6.07) is 8.09. The molecule has 2 aromatic rings. The second kappa shape index (κ2) is 4.20. The lowest BCUT2D eigenvalue weighted by atomic mass is 9.88. The number of aromatic amines is 1. The Morgan fingerprint density at radius 2 is 2.19 bits per heavy atom. The number of hydrogen-bond acceptors (Lipinski definition) is 2. The molecule has 1 heterocycles. The quantitative estimate of drug-likeness (QED) is 0.808. The molecule has 0 aliphatic heterocycles. The zero-order valence-corrected chi connectivity index (χ0v) is 10.7. The third-order valence-electron chi connectivity index (χ3n) is 3.03. The fourth-order valence-corrected chi connectivity index (χ4v) is 2.07. The lowest BCUT2D eigenvalue weighted by Gasteiger charge is -2.23. The number of nitrogens with one attached hydrogen (secondary N) is 1. The van der Waals surface area contributed by atoms with Crippen LogP contribution in [0.2, 0.25) is 0 Å². The number of halogens is 1. The van der Waals surface area contributed by atoms with Gasteiger partial charge >= 0.3 is 0 Å². The second-order valence-electron chi connectivity index (χ2n) is 4.34. The van der Waals surface area contributed by atoms with Crippen molar-refractivity contribution >= 4 is 26.8 Å². The van der Waals surface area contributed by atoms with Crippen LogP contribution in [0.3, 0.4) is 0 Å². The molecule has 0 saturated heterocycles. The summed E-state index contributed by atoms with van der Waals surface area (Å²) in [5.74, 6) is 0. The van der Waals surface area contributed by atoms with Gasteiger partial charge < -0.3 is 15.8 Å². The van der Waals surface area contributed by atoms with Gasteiger partial charge in [0.25, 0.3) is 0 Å².